The number of rotatable bonds is 1. The molecule has 16 heavy (non-hydrogen) atoms. The predicted octanol–water partition coefficient (Wildman–Crippen LogP) is 2.71. The smallest absolute Gasteiger partial charge is 0.0903 e. The molecule has 0 heterocycles. The van der Waals surface area contributed by atoms with Crippen molar-refractivity contribution in [3.63, 3.8) is 0 Å². The number of hydrogen-bond acceptors (Lipinski definition) is 2. The van der Waals surface area contributed by atoms with Gasteiger partial charge >= 0.3 is 0 Å². The second kappa shape index (κ2) is 3.23. The number of nitrogens with zero attached hydrogens (tertiary/aromatic N) is 1. The highest BCUT2D eigenvalue weighted by Crippen LogP contribution is 2.63. The largest absolute Gasteiger partial charge is 0.385 e. The molecule has 3 rings (SSSR count). The molecule has 0 saturated heterocycles. The van der Waals surface area contributed by atoms with Crippen LogP contribution in [0.1, 0.15) is 18.4 Å². The van der Waals surface area contributed by atoms with Crippen molar-refractivity contribution in [3.8, 4) is 6.07 Å². The lowest BCUT2D eigenvalue weighted by molar-refractivity contribution is 0.0283. The van der Waals surface area contributed by atoms with Crippen LogP contribution in [0.25, 0.3) is 0 Å². The summed E-state index contributed by atoms with van der Waals surface area (Å²) in [6.45, 7) is 0. The van der Waals surface area contributed by atoms with E-state index < -0.39 is 5.60 Å². The molecule has 0 amide bonds. The first-order chi connectivity index (χ1) is 7.64. The lowest BCUT2D eigenvalue weighted by atomic mass is 9.87. The number of benzene rings is 1. The van der Waals surface area contributed by atoms with E-state index in [1.165, 1.54) is 0 Å². The van der Waals surface area contributed by atoms with Crippen molar-refractivity contribution < 1.29 is 5.11 Å². The Morgan fingerprint density at radius 1 is 1.38 bits per heavy atom. The third-order valence-electron chi connectivity index (χ3n) is 3.99. The first-order valence-electron chi connectivity index (χ1n) is 5.52. The Hall–Kier alpha value is -1.04. The van der Waals surface area contributed by atoms with E-state index in [0.717, 1.165) is 5.56 Å². The van der Waals surface area contributed by atoms with Gasteiger partial charge in [-0.15, -0.1) is 0 Å². The van der Waals surface area contributed by atoms with Crippen LogP contribution in [0, 0.1) is 29.1 Å². The minimum absolute atomic E-state index is 0.180. The molecular weight excluding hydrogens is 222 g/mol. The molecule has 1 aromatic carbocycles. The molecular formula is C13H12ClNO. The number of hydrogen-bond donors (Lipinski definition) is 1. The molecule has 0 aliphatic heterocycles. The number of nitriles is 1. The number of halogens is 1. The molecule has 2 fully saturated rings. The molecule has 2 nitrogen and oxygen atoms in total. The van der Waals surface area contributed by atoms with E-state index in [1.807, 2.05) is 24.3 Å². The lowest BCUT2D eigenvalue weighted by Crippen LogP contribution is -2.24. The summed E-state index contributed by atoms with van der Waals surface area (Å²) in [5.41, 5.74) is 0.136. The molecule has 1 unspecified atom stereocenters. The normalized spacial score (nSPS) is 40.2. The van der Waals surface area contributed by atoms with Crippen LogP contribution in [0.4, 0.5) is 0 Å². The van der Waals surface area contributed by atoms with E-state index in [0.29, 0.717) is 29.7 Å². The third-order valence-corrected chi connectivity index (χ3v) is 4.22. The highest BCUT2D eigenvalue weighted by atomic mass is 35.5. The molecule has 0 spiro atoms. The van der Waals surface area contributed by atoms with Crippen LogP contribution >= 0.6 is 11.6 Å². The van der Waals surface area contributed by atoms with Gasteiger partial charge in [-0.3, -0.25) is 0 Å². The standard InChI is InChI=1S/C13H12ClNO/c14-9-3-1-2-8(4-9)13(16)5-10-11(6-13)12(10)7-15/h1-4,10-12,16H,5-6H2/t10-,11+,12-,13?. The highest BCUT2D eigenvalue weighted by molar-refractivity contribution is 6.30. The van der Waals surface area contributed by atoms with Gasteiger partial charge in [0.15, 0.2) is 0 Å². The van der Waals surface area contributed by atoms with Crippen molar-refractivity contribution in [2.45, 2.75) is 18.4 Å². The third kappa shape index (κ3) is 1.36. The quantitative estimate of drug-likeness (QED) is 0.811. The Kier molecular flexibility index (Phi) is 2.04. The molecule has 2 saturated carbocycles. The monoisotopic (exact) mass is 233 g/mol. The van der Waals surface area contributed by atoms with Crippen LogP contribution in [0.3, 0.4) is 0 Å². The maximum Gasteiger partial charge on any atom is 0.0903 e. The number of fused-ring (bicyclic) bond motifs is 1. The maximum atomic E-state index is 10.5. The molecule has 1 N–H and O–H groups in total. The Bertz CT molecular complexity index is 467. The van der Waals surface area contributed by atoms with E-state index in [9.17, 15) is 5.11 Å². The van der Waals surface area contributed by atoms with Gasteiger partial charge in [-0.25, -0.2) is 0 Å². The van der Waals surface area contributed by atoms with E-state index in [1.54, 1.807) is 0 Å². The summed E-state index contributed by atoms with van der Waals surface area (Å²) in [5, 5.41) is 20.0. The van der Waals surface area contributed by atoms with Gasteiger partial charge in [0.1, 0.15) is 0 Å². The van der Waals surface area contributed by atoms with Crippen molar-refractivity contribution in [1.29, 1.82) is 5.26 Å². The molecule has 2 aliphatic rings. The molecule has 0 bridgehead atoms. The molecule has 82 valence electrons. The summed E-state index contributed by atoms with van der Waals surface area (Å²) in [6.07, 6.45) is 1.41. The van der Waals surface area contributed by atoms with Gasteiger partial charge in [-0.2, -0.15) is 5.26 Å². The molecule has 0 radical (unpaired) electrons. The lowest BCUT2D eigenvalue weighted by Gasteiger charge is -2.25. The van der Waals surface area contributed by atoms with Gasteiger partial charge in [0.05, 0.1) is 17.6 Å². The summed E-state index contributed by atoms with van der Waals surface area (Å²) in [5.74, 6) is 0.974. The van der Waals surface area contributed by atoms with E-state index in [4.69, 9.17) is 16.9 Å². The Balaban J connectivity index is 1.85. The second-order valence-corrected chi connectivity index (χ2v) is 5.37. The topological polar surface area (TPSA) is 44.0 Å². The van der Waals surface area contributed by atoms with Gasteiger partial charge in [-0.05, 0) is 42.4 Å². The van der Waals surface area contributed by atoms with Crippen molar-refractivity contribution in [2.24, 2.45) is 17.8 Å². The van der Waals surface area contributed by atoms with Gasteiger partial charge in [0.2, 0.25) is 0 Å². The van der Waals surface area contributed by atoms with Crippen LogP contribution in [0.2, 0.25) is 5.02 Å². The van der Waals surface area contributed by atoms with Gasteiger partial charge < -0.3 is 5.11 Å². The van der Waals surface area contributed by atoms with Crippen LogP contribution in [0.15, 0.2) is 24.3 Å². The SMILES string of the molecule is N#C[C@H]1[C@H]2CC(O)(c3cccc(Cl)c3)C[C@@H]12. The molecule has 3 heteroatoms. The average molecular weight is 234 g/mol. The minimum Gasteiger partial charge on any atom is -0.385 e. The highest BCUT2D eigenvalue weighted by Gasteiger charge is 2.61. The van der Waals surface area contributed by atoms with Crippen molar-refractivity contribution in [2.75, 3.05) is 0 Å². The second-order valence-electron chi connectivity index (χ2n) is 4.93. The van der Waals surface area contributed by atoms with Crippen LogP contribution < -0.4 is 0 Å². The molecule has 1 aromatic rings. The van der Waals surface area contributed by atoms with Crippen molar-refractivity contribution >= 4 is 11.6 Å². The number of aliphatic hydroxyl groups is 1. The summed E-state index contributed by atoms with van der Waals surface area (Å²) in [4.78, 5) is 0. The fourth-order valence-corrected chi connectivity index (χ4v) is 3.26. The first kappa shape index (κ1) is 10.1. The van der Waals surface area contributed by atoms with E-state index in [2.05, 4.69) is 6.07 Å². The van der Waals surface area contributed by atoms with Crippen LogP contribution in [-0.4, -0.2) is 5.11 Å². The zero-order valence-corrected chi connectivity index (χ0v) is 9.48. The molecule has 4 atom stereocenters. The maximum absolute atomic E-state index is 10.5. The van der Waals surface area contributed by atoms with Crippen molar-refractivity contribution in [1.82, 2.24) is 0 Å². The van der Waals surface area contributed by atoms with Crippen LogP contribution in [0.5, 0.6) is 0 Å². The fraction of sp³-hybridized carbons (Fsp3) is 0.462. The van der Waals surface area contributed by atoms with Gasteiger partial charge in [0, 0.05) is 5.02 Å². The summed E-state index contributed by atoms with van der Waals surface area (Å²) < 4.78 is 0. The van der Waals surface area contributed by atoms with E-state index in [-0.39, 0.29) is 5.92 Å². The van der Waals surface area contributed by atoms with E-state index >= 15 is 0 Å². The summed E-state index contributed by atoms with van der Waals surface area (Å²) >= 11 is 5.93. The molecule has 0 aromatic heterocycles. The molecule has 2 aliphatic carbocycles. The zero-order chi connectivity index (χ0) is 11.3. The van der Waals surface area contributed by atoms with Gasteiger partial charge in [0.25, 0.3) is 0 Å². The predicted molar refractivity (Wildman–Crippen MR) is 60.7 cm³/mol. The van der Waals surface area contributed by atoms with Crippen LogP contribution in [-0.2, 0) is 5.60 Å². The minimum atomic E-state index is -0.756. The van der Waals surface area contributed by atoms with Gasteiger partial charge in [-0.1, -0.05) is 23.7 Å². The Labute approximate surface area is 99.5 Å². The Morgan fingerprint density at radius 2 is 2.06 bits per heavy atom. The first-order valence-corrected chi connectivity index (χ1v) is 5.90. The summed E-state index contributed by atoms with van der Waals surface area (Å²) in [6, 6.07) is 9.72. The fourth-order valence-electron chi connectivity index (χ4n) is 3.07. The van der Waals surface area contributed by atoms with Crippen molar-refractivity contribution in [3.05, 3.63) is 34.9 Å². The Morgan fingerprint density at radius 3 is 2.62 bits per heavy atom. The average Bonchev–Trinajstić information content (AvgIpc) is 2.76. The zero-order valence-electron chi connectivity index (χ0n) is 8.73. The summed E-state index contributed by atoms with van der Waals surface area (Å²) in [7, 11) is 0.